The Kier molecular flexibility index (Phi) is 4.98. The van der Waals surface area contributed by atoms with Gasteiger partial charge in [-0.1, -0.05) is 41.9 Å². The summed E-state index contributed by atoms with van der Waals surface area (Å²) in [5.74, 6) is -1.17. The van der Waals surface area contributed by atoms with Crippen molar-refractivity contribution in [2.24, 2.45) is 5.73 Å². The van der Waals surface area contributed by atoms with E-state index in [1.165, 1.54) is 27.8 Å². The molecule has 170 valence electrons. The van der Waals surface area contributed by atoms with Gasteiger partial charge in [-0.3, -0.25) is 14.3 Å². The number of fused-ring (bicyclic) bond motifs is 2. The summed E-state index contributed by atoms with van der Waals surface area (Å²) in [6, 6.07) is 10.2. The van der Waals surface area contributed by atoms with Crippen LogP contribution in [0.15, 0.2) is 48.7 Å². The van der Waals surface area contributed by atoms with Gasteiger partial charge in [0.25, 0.3) is 5.91 Å². The van der Waals surface area contributed by atoms with Gasteiger partial charge in [0.2, 0.25) is 5.72 Å². The van der Waals surface area contributed by atoms with Crippen LogP contribution in [0.1, 0.15) is 12.0 Å². The zero-order valence-electron chi connectivity index (χ0n) is 17.2. The van der Waals surface area contributed by atoms with E-state index in [1.807, 2.05) is 0 Å². The van der Waals surface area contributed by atoms with Gasteiger partial charge >= 0.3 is 12.1 Å². The van der Waals surface area contributed by atoms with E-state index in [4.69, 9.17) is 22.1 Å². The lowest BCUT2D eigenvalue weighted by atomic mass is 10.0. The van der Waals surface area contributed by atoms with E-state index in [0.717, 1.165) is 0 Å². The molecule has 4 amide bonds. The zero-order chi connectivity index (χ0) is 23.3. The van der Waals surface area contributed by atoms with Crippen LogP contribution in [-0.4, -0.2) is 45.8 Å². The number of nitrogens with two attached hydrogens (primary N) is 1. The van der Waals surface area contributed by atoms with Crippen LogP contribution in [0.2, 0.25) is 5.02 Å². The van der Waals surface area contributed by atoms with Crippen molar-refractivity contribution < 1.29 is 23.5 Å². The van der Waals surface area contributed by atoms with Gasteiger partial charge in [0.1, 0.15) is 5.82 Å². The third kappa shape index (κ3) is 3.38. The fourth-order valence-corrected chi connectivity index (χ4v) is 4.55. The minimum absolute atomic E-state index is 0.0446. The first-order valence-electron chi connectivity index (χ1n) is 10.2. The molecule has 1 aromatic heterocycles. The van der Waals surface area contributed by atoms with Gasteiger partial charge in [0.05, 0.1) is 28.9 Å². The average Bonchev–Trinajstić information content (AvgIpc) is 3.45. The van der Waals surface area contributed by atoms with Crippen molar-refractivity contribution in [2.45, 2.75) is 24.8 Å². The van der Waals surface area contributed by atoms with E-state index in [0.29, 0.717) is 23.0 Å². The predicted octanol–water partition coefficient (Wildman–Crippen LogP) is 3.01. The second-order valence-electron chi connectivity index (χ2n) is 7.93. The number of benzene rings is 2. The van der Waals surface area contributed by atoms with Gasteiger partial charge in [-0.05, 0) is 12.1 Å². The molecule has 3 aromatic rings. The number of amides is 4. The van der Waals surface area contributed by atoms with Gasteiger partial charge < -0.3 is 21.1 Å². The maximum absolute atomic E-state index is 14.1. The zero-order valence-corrected chi connectivity index (χ0v) is 17.9. The fraction of sp³-hybridized carbons (Fsp3) is 0.227. The first-order chi connectivity index (χ1) is 15.8. The maximum atomic E-state index is 14.1. The van der Waals surface area contributed by atoms with Gasteiger partial charge in [0, 0.05) is 30.1 Å². The number of primary amides is 1. The molecule has 3 aliphatic rings. The van der Waals surface area contributed by atoms with E-state index >= 15 is 0 Å². The molecule has 3 saturated heterocycles. The molecule has 2 atom stereocenters. The number of hydrogen-bond acceptors (Lipinski definition) is 4. The van der Waals surface area contributed by atoms with Crippen molar-refractivity contribution in [3.05, 3.63) is 65.1 Å². The van der Waals surface area contributed by atoms with Crippen LogP contribution in [0.3, 0.4) is 0 Å². The summed E-state index contributed by atoms with van der Waals surface area (Å²) in [7, 11) is 0. The summed E-state index contributed by atoms with van der Waals surface area (Å²) >= 11 is 5.79. The third-order valence-corrected chi connectivity index (χ3v) is 6.24. The molecular formula is C22H19ClFN5O4. The van der Waals surface area contributed by atoms with Crippen molar-refractivity contribution in [2.75, 3.05) is 11.9 Å². The highest BCUT2D eigenvalue weighted by atomic mass is 35.5. The number of hydrogen-bond donors (Lipinski definition) is 3. The van der Waals surface area contributed by atoms with E-state index in [9.17, 15) is 18.8 Å². The summed E-state index contributed by atoms with van der Waals surface area (Å²) < 4.78 is 21.1. The lowest BCUT2D eigenvalue weighted by Gasteiger charge is -2.39. The van der Waals surface area contributed by atoms with Crippen LogP contribution in [0.25, 0.3) is 10.9 Å². The van der Waals surface area contributed by atoms with Crippen molar-refractivity contribution in [3.63, 3.8) is 0 Å². The van der Waals surface area contributed by atoms with Gasteiger partial charge in [-0.2, -0.15) is 0 Å². The molecule has 3 fully saturated rings. The van der Waals surface area contributed by atoms with Gasteiger partial charge in [-0.15, -0.1) is 0 Å². The Morgan fingerprint density at radius 1 is 1.21 bits per heavy atom. The topological polar surface area (TPSA) is 119 Å². The van der Waals surface area contributed by atoms with Gasteiger partial charge in [-0.25, -0.2) is 14.0 Å². The molecule has 6 rings (SSSR count). The van der Waals surface area contributed by atoms with Crippen LogP contribution in [-0.2, 0) is 16.1 Å². The Hall–Kier alpha value is -3.63. The smallest absolute Gasteiger partial charge is 0.324 e. The van der Waals surface area contributed by atoms with Crippen LogP contribution >= 0.6 is 11.6 Å². The van der Waals surface area contributed by atoms with Crippen LogP contribution in [0, 0.1) is 5.82 Å². The van der Waals surface area contributed by atoms with E-state index in [1.54, 1.807) is 30.3 Å². The lowest BCUT2D eigenvalue weighted by Crippen LogP contribution is -2.61. The molecule has 2 bridgehead atoms. The number of carbonyl (C=O) groups is 3. The second-order valence-corrected chi connectivity index (χ2v) is 8.34. The van der Waals surface area contributed by atoms with Crippen LogP contribution in [0.5, 0.6) is 0 Å². The maximum Gasteiger partial charge on any atom is 0.324 e. The Morgan fingerprint density at radius 2 is 1.97 bits per heavy atom. The van der Waals surface area contributed by atoms with Gasteiger partial charge in [0.15, 0.2) is 0 Å². The molecule has 0 aliphatic carbocycles. The monoisotopic (exact) mass is 471 g/mol. The highest BCUT2D eigenvalue weighted by Crippen LogP contribution is 2.45. The molecule has 0 radical (unpaired) electrons. The van der Waals surface area contributed by atoms with Crippen molar-refractivity contribution in [3.8, 4) is 0 Å². The molecule has 2 aromatic carbocycles. The summed E-state index contributed by atoms with van der Waals surface area (Å²) in [5, 5.41) is 5.96. The number of rotatable bonds is 4. The number of para-hydroxylation sites is 1. The minimum Gasteiger partial charge on any atom is -0.351 e. The summed E-state index contributed by atoms with van der Waals surface area (Å²) in [4.78, 5) is 39.1. The van der Waals surface area contributed by atoms with Crippen molar-refractivity contribution in [1.29, 1.82) is 0 Å². The number of aromatic nitrogens is 1. The molecule has 33 heavy (non-hydrogen) atoms. The molecular weight excluding hydrogens is 453 g/mol. The molecule has 3 aliphatic heterocycles. The third-order valence-electron chi connectivity index (χ3n) is 5.95. The Bertz CT molecular complexity index is 1300. The first kappa shape index (κ1) is 21.2. The molecule has 0 saturated carbocycles. The Labute approximate surface area is 192 Å². The van der Waals surface area contributed by atoms with Crippen LogP contribution in [0.4, 0.5) is 19.7 Å². The molecule has 11 heteroatoms. The highest BCUT2D eigenvalue weighted by Gasteiger charge is 2.64. The van der Waals surface area contributed by atoms with E-state index < -0.39 is 29.5 Å². The van der Waals surface area contributed by atoms with Crippen molar-refractivity contribution in [1.82, 2.24) is 14.8 Å². The lowest BCUT2D eigenvalue weighted by molar-refractivity contribution is -0.196. The quantitative estimate of drug-likeness (QED) is 0.542. The molecule has 0 unspecified atom stereocenters. The number of nitrogens with one attached hydrogen (secondary N) is 2. The predicted molar refractivity (Wildman–Crippen MR) is 118 cm³/mol. The number of ether oxygens (including phenoxy) is 1. The highest BCUT2D eigenvalue weighted by molar-refractivity contribution is 6.30. The normalized spacial score (nSPS) is 21.0. The molecule has 9 nitrogen and oxygen atoms in total. The molecule has 4 N–H and O–H groups in total. The number of halogens is 2. The SMILES string of the molecule is NC(=O)n1cc(NC(=O)N2C[C@H]3C[C@@]2(C(=O)NCc2cccc(Cl)c2F)O3)c2ccccc21. The number of urea groups is 1. The summed E-state index contributed by atoms with van der Waals surface area (Å²) in [6.07, 6.45) is 1.49. The molecule has 0 spiro atoms. The molecule has 4 heterocycles. The Morgan fingerprint density at radius 3 is 2.73 bits per heavy atom. The van der Waals surface area contributed by atoms with E-state index in [-0.39, 0.29) is 29.8 Å². The largest absolute Gasteiger partial charge is 0.351 e. The minimum atomic E-state index is -1.48. The standard InChI is InChI=1S/C22H19ClFN5O4/c23-15-6-3-4-12(18(15)24)9-26-19(30)22-8-13(33-22)10-29(22)21(32)27-16-11-28(20(25)31)17-7-2-1-5-14(16)17/h1-7,11,13H,8-10H2,(H2,25,31)(H,26,30)(H,27,32)/t13-,22+/m1/s1. The number of nitrogens with zero attached hydrogens (tertiary/aromatic N) is 2. The van der Waals surface area contributed by atoms with E-state index in [2.05, 4.69) is 10.6 Å². The summed E-state index contributed by atoms with van der Waals surface area (Å²) in [5.41, 5.74) is 5.08. The number of carbonyl (C=O) groups excluding carboxylic acids is 3. The number of anilines is 1. The average molecular weight is 472 g/mol. The summed E-state index contributed by atoms with van der Waals surface area (Å²) in [6.45, 7) is 0.113. The van der Waals surface area contributed by atoms with Crippen molar-refractivity contribution >= 4 is 46.2 Å². The second kappa shape index (κ2) is 7.75. The van der Waals surface area contributed by atoms with Crippen LogP contribution < -0.4 is 16.4 Å². The Balaban J connectivity index is 1.34. The fourth-order valence-electron chi connectivity index (χ4n) is 4.36. The first-order valence-corrected chi connectivity index (χ1v) is 10.6.